The molecular weight excluding hydrogens is 297 g/mol. The maximum absolute atomic E-state index is 12.9. The highest BCUT2D eigenvalue weighted by Gasteiger charge is 2.62. The number of hydrogen-bond acceptors (Lipinski definition) is 4. The van der Waals surface area contributed by atoms with Gasteiger partial charge in [-0.3, -0.25) is 0 Å². The van der Waals surface area contributed by atoms with Gasteiger partial charge in [-0.1, -0.05) is 22.8 Å². The number of pyridine rings is 1. The number of hydrogen-bond donors (Lipinski definition) is 0. The van der Waals surface area contributed by atoms with Crippen LogP contribution < -0.4 is 0 Å². The summed E-state index contributed by atoms with van der Waals surface area (Å²) < 4.78 is 66.4. The molecule has 0 aliphatic rings. The van der Waals surface area contributed by atoms with Crippen LogP contribution in [0.4, 0.5) is 22.0 Å². The van der Waals surface area contributed by atoms with Crippen molar-refractivity contribution in [2.75, 3.05) is 0 Å². The molecule has 10 heteroatoms. The fourth-order valence-corrected chi connectivity index (χ4v) is 1.27. The van der Waals surface area contributed by atoms with E-state index >= 15 is 0 Å². The molecule has 2 heterocycles. The highest BCUT2D eigenvalue weighted by Crippen LogP contribution is 2.42. The first-order chi connectivity index (χ1) is 8.72. The molecule has 0 amide bonds. The molecule has 102 valence electrons. The van der Waals surface area contributed by atoms with Gasteiger partial charge in [-0.15, -0.1) is 0 Å². The van der Waals surface area contributed by atoms with Gasteiger partial charge in [-0.2, -0.15) is 26.9 Å². The van der Waals surface area contributed by atoms with Crippen LogP contribution in [0.2, 0.25) is 5.15 Å². The molecule has 0 aliphatic carbocycles. The Hall–Kier alpha value is -1.77. The molecule has 0 fully saturated rings. The Morgan fingerprint density at radius 1 is 1.05 bits per heavy atom. The molecular formula is C9H3ClF5N3O. The second kappa shape index (κ2) is 4.41. The Balaban J connectivity index is 2.40. The van der Waals surface area contributed by atoms with E-state index in [1.165, 1.54) is 18.2 Å². The van der Waals surface area contributed by atoms with Crippen molar-refractivity contribution in [3.8, 4) is 11.6 Å². The van der Waals surface area contributed by atoms with Gasteiger partial charge in [-0.05, 0) is 12.1 Å². The summed E-state index contributed by atoms with van der Waals surface area (Å²) in [4.78, 5) is 6.63. The number of halogens is 6. The number of rotatable bonds is 2. The van der Waals surface area contributed by atoms with Crippen molar-refractivity contribution >= 4 is 11.6 Å². The summed E-state index contributed by atoms with van der Waals surface area (Å²) in [5.74, 6) is -7.56. The molecule has 0 N–H and O–H groups in total. The number of alkyl halides is 5. The standard InChI is InChI=1S/C9H3ClF5N3O/c10-5-3-1-2-4(16-5)6-17-7(18-19-6)8(11,12)9(13,14)15/h1-3H. The second-order valence-corrected chi connectivity index (χ2v) is 3.73. The molecule has 0 spiro atoms. The summed E-state index contributed by atoms with van der Waals surface area (Å²) in [6, 6.07) is 4.05. The fraction of sp³-hybridized carbons (Fsp3) is 0.222. The minimum atomic E-state index is -5.81. The van der Waals surface area contributed by atoms with Crippen LogP contribution in [0, 0.1) is 0 Å². The van der Waals surface area contributed by atoms with Crippen molar-refractivity contribution in [2.45, 2.75) is 12.1 Å². The van der Waals surface area contributed by atoms with Crippen molar-refractivity contribution in [1.82, 2.24) is 15.1 Å². The van der Waals surface area contributed by atoms with Crippen molar-refractivity contribution in [3.05, 3.63) is 29.2 Å². The topological polar surface area (TPSA) is 51.8 Å². The molecule has 0 saturated carbocycles. The van der Waals surface area contributed by atoms with Crippen LogP contribution in [0.3, 0.4) is 0 Å². The van der Waals surface area contributed by atoms with Crippen LogP contribution in [-0.2, 0) is 5.92 Å². The Kier molecular flexibility index (Phi) is 3.17. The van der Waals surface area contributed by atoms with Crippen molar-refractivity contribution in [3.63, 3.8) is 0 Å². The Labute approximate surface area is 107 Å². The van der Waals surface area contributed by atoms with Gasteiger partial charge in [0, 0.05) is 0 Å². The largest absolute Gasteiger partial charge is 0.461 e. The molecule has 2 aromatic rings. The first kappa shape index (κ1) is 13.7. The predicted molar refractivity (Wildman–Crippen MR) is 52.5 cm³/mol. The van der Waals surface area contributed by atoms with E-state index in [-0.39, 0.29) is 10.8 Å². The minimum Gasteiger partial charge on any atom is -0.332 e. The number of aromatic nitrogens is 3. The third-order valence-electron chi connectivity index (χ3n) is 2.00. The van der Waals surface area contributed by atoms with Gasteiger partial charge in [0.25, 0.3) is 11.7 Å². The third kappa shape index (κ3) is 2.50. The average molecular weight is 300 g/mol. The Morgan fingerprint density at radius 3 is 2.32 bits per heavy atom. The number of nitrogens with zero attached hydrogens (tertiary/aromatic N) is 3. The summed E-state index contributed by atoms with van der Waals surface area (Å²) in [6.07, 6.45) is -5.81. The van der Waals surface area contributed by atoms with E-state index in [1.54, 1.807) is 0 Å². The van der Waals surface area contributed by atoms with Gasteiger partial charge in [-0.25, -0.2) is 4.98 Å². The highest BCUT2D eigenvalue weighted by atomic mass is 35.5. The normalized spacial score (nSPS) is 12.7. The molecule has 4 nitrogen and oxygen atoms in total. The van der Waals surface area contributed by atoms with Crippen LogP contribution in [0.1, 0.15) is 5.82 Å². The smallest absolute Gasteiger partial charge is 0.332 e. The van der Waals surface area contributed by atoms with Crippen molar-refractivity contribution in [1.29, 1.82) is 0 Å². The van der Waals surface area contributed by atoms with Gasteiger partial charge >= 0.3 is 12.1 Å². The summed E-state index contributed by atoms with van der Waals surface area (Å²) in [5.41, 5.74) is -0.107. The lowest BCUT2D eigenvalue weighted by Crippen LogP contribution is -2.34. The highest BCUT2D eigenvalue weighted by molar-refractivity contribution is 6.29. The molecule has 0 aromatic carbocycles. The van der Waals surface area contributed by atoms with E-state index in [0.29, 0.717) is 0 Å². The lowest BCUT2D eigenvalue weighted by molar-refractivity contribution is -0.293. The van der Waals surface area contributed by atoms with Gasteiger partial charge in [0.1, 0.15) is 10.8 Å². The molecule has 0 radical (unpaired) electrons. The predicted octanol–water partition coefficient (Wildman–Crippen LogP) is 3.44. The summed E-state index contributed by atoms with van der Waals surface area (Å²) >= 11 is 5.53. The maximum Gasteiger partial charge on any atom is 0.461 e. The van der Waals surface area contributed by atoms with Crippen LogP contribution in [-0.4, -0.2) is 21.3 Å². The summed E-state index contributed by atoms with van der Waals surface area (Å²) in [6.45, 7) is 0. The van der Waals surface area contributed by atoms with E-state index in [4.69, 9.17) is 11.6 Å². The van der Waals surface area contributed by atoms with Gasteiger partial charge < -0.3 is 4.52 Å². The monoisotopic (exact) mass is 299 g/mol. The first-order valence-electron chi connectivity index (χ1n) is 4.63. The van der Waals surface area contributed by atoms with Crippen LogP contribution in [0.15, 0.2) is 22.7 Å². The Morgan fingerprint density at radius 2 is 1.74 bits per heavy atom. The van der Waals surface area contributed by atoms with E-state index < -0.39 is 23.8 Å². The van der Waals surface area contributed by atoms with E-state index in [1.807, 2.05) is 0 Å². The Bertz CT molecular complexity index is 598. The first-order valence-corrected chi connectivity index (χ1v) is 5.01. The molecule has 0 aliphatic heterocycles. The molecule has 0 bridgehead atoms. The van der Waals surface area contributed by atoms with Gasteiger partial charge in [0.2, 0.25) is 0 Å². The average Bonchev–Trinajstić information content (AvgIpc) is 2.77. The van der Waals surface area contributed by atoms with Crippen LogP contribution >= 0.6 is 11.6 Å². The zero-order chi connectivity index (χ0) is 14.3. The zero-order valence-corrected chi connectivity index (χ0v) is 9.51. The summed E-state index contributed by atoms with van der Waals surface area (Å²) in [7, 11) is 0. The quantitative estimate of drug-likeness (QED) is 0.629. The van der Waals surface area contributed by atoms with E-state index in [9.17, 15) is 22.0 Å². The maximum atomic E-state index is 12.9. The SMILES string of the molecule is FC(F)(F)C(F)(F)c1noc(-c2cccc(Cl)n2)n1. The molecule has 2 rings (SSSR count). The molecule has 0 saturated heterocycles. The molecule has 2 aromatic heterocycles. The third-order valence-corrected chi connectivity index (χ3v) is 2.21. The molecule has 0 atom stereocenters. The zero-order valence-electron chi connectivity index (χ0n) is 8.75. The molecule has 19 heavy (non-hydrogen) atoms. The van der Waals surface area contributed by atoms with Gasteiger partial charge in [0.15, 0.2) is 0 Å². The van der Waals surface area contributed by atoms with E-state index in [2.05, 4.69) is 19.6 Å². The minimum absolute atomic E-state index is 0.000156. The molecule has 0 unspecified atom stereocenters. The lowest BCUT2D eigenvalue weighted by atomic mass is 10.3. The van der Waals surface area contributed by atoms with Crippen LogP contribution in [0.5, 0.6) is 0 Å². The summed E-state index contributed by atoms with van der Waals surface area (Å²) in [5, 5.41) is 2.62. The van der Waals surface area contributed by atoms with Crippen LogP contribution in [0.25, 0.3) is 11.6 Å². The van der Waals surface area contributed by atoms with E-state index in [0.717, 1.165) is 0 Å². The fourth-order valence-electron chi connectivity index (χ4n) is 1.11. The van der Waals surface area contributed by atoms with Crippen molar-refractivity contribution in [2.24, 2.45) is 0 Å². The van der Waals surface area contributed by atoms with Crippen molar-refractivity contribution < 1.29 is 26.5 Å². The van der Waals surface area contributed by atoms with Gasteiger partial charge in [0.05, 0.1) is 0 Å². The second-order valence-electron chi connectivity index (χ2n) is 3.34. The lowest BCUT2D eigenvalue weighted by Gasteiger charge is -2.14.